The van der Waals surface area contributed by atoms with E-state index in [1.165, 1.54) is 12.8 Å². The Hall–Kier alpha value is -2.10. The van der Waals surface area contributed by atoms with E-state index in [-0.39, 0.29) is 0 Å². The Bertz CT molecular complexity index is 912. The summed E-state index contributed by atoms with van der Waals surface area (Å²) in [7, 11) is 15.1. The van der Waals surface area contributed by atoms with Gasteiger partial charge in [0.2, 0.25) is 0 Å². The molecule has 5 radical (unpaired) electrons. The fourth-order valence-electron chi connectivity index (χ4n) is 3.96. The Labute approximate surface area is 170 Å². The standard InChI is InChI=1S/C22H23B3NO2/c1-3-21(23)22(24,25-21)17-9-4-14(2)19(12-17)26(13-15-5-6-15)18-10-7-16(8-11-18)20(27)28/h4,7-12,15H,3,5-6,13H2,1-2H3,(H,27,28). The molecule has 6 heteroatoms. The van der Waals surface area contributed by atoms with E-state index in [9.17, 15) is 9.90 Å². The number of carboxylic acid groups (broad SMARTS) is 1. The number of anilines is 2. The van der Waals surface area contributed by atoms with Crippen LogP contribution >= 0.6 is 0 Å². The molecule has 1 aliphatic carbocycles. The predicted octanol–water partition coefficient (Wildman–Crippen LogP) is 3.98. The zero-order valence-corrected chi connectivity index (χ0v) is 16.5. The summed E-state index contributed by atoms with van der Waals surface area (Å²) in [5.41, 5.74) is 4.59. The molecule has 0 aromatic heterocycles. The molecule has 1 aliphatic heterocycles. The molecule has 2 unspecified atom stereocenters. The summed E-state index contributed by atoms with van der Waals surface area (Å²) in [6, 6.07) is 13.4. The molecule has 0 spiro atoms. The lowest BCUT2D eigenvalue weighted by atomic mass is 9.62. The molecular weight excluding hydrogens is 343 g/mol. The number of benzene rings is 2. The van der Waals surface area contributed by atoms with Crippen molar-refractivity contribution in [1.82, 2.24) is 0 Å². The van der Waals surface area contributed by atoms with Gasteiger partial charge in [0.1, 0.15) is 7.28 Å². The third-order valence-electron chi connectivity index (χ3n) is 6.30. The van der Waals surface area contributed by atoms with Gasteiger partial charge in [-0.25, -0.2) is 4.79 Å². The quantitative estimate of drug-likeness (QED) is 0.754. The van der Waals surface area contributed by atoms with Crippen molar-refractivity contribution >= 4 is 40.3 Å². The first-order valence-electron chi connectivity index (χ1n) is 9.94. The summed E-state index contributed by atoms with van der Waals surface area (Å²) >= 11 is 0. The molecule has 1 N–H and O–H groups in total. The van der Waals surface area contributed by atoms with E-state index in [1.807, 2.05) is 19.4 Å². The zero-order valence-electron chi connectivity index (χ0n) is 16.5. The van der Waals surface area contributed by atoms with Crippen LogP contribution in [0.4, 0.5) is 11.4 Å². The van der Waals surface area contributed by atoms with E-state index in [1.54, 1.807) is 12.1 Å². The van der Waals surface area contributed by atoms with Gasteiger partial charge in [0.15, 0.2) is 0 Å². The van der Waals surface area contributed by atoms with Crippen molar-refractivity contribution in [3.8, 4) is 0 Å². The van der Waals surface area contributed by atoms with Crippen LogP contribution in [0.25, 0.3) is 0 Å². The second-order valence-corrected chi connectivity index (χ2v) is 8.31. The first-order chi connectivity index (χ1) is 13.3. The molecule has 3 nitrogen and oxygen atoms in total. The molecule has 2 aromatic rings. The Kier molecular flexibility index (Phi) is 4.64. The summed E-state index contributed by atoms with van der Waals surface area (Å²) in [6.07, 6.45) is 3.27. The van der Waals surface area contributed by atoms with Crippen LogP contribution in [0.3, 0.4) is 0 Å². The molecule has 2 atom stereocenters. The van der Waals surface area contributed by atoms with Crippen molar-refractivity contribution in [3.63, 3.8) is 0 Å². The largest absolute Gasteiger partial charge is 0.478 e. The van der Waals surface area contributed by atoms with Crippen LogP contribution in [0.5, 0.6) is 0 Å². The van der Waals surface area contributed by atoms with Crippen LogP contribution in [0.2, 0.25) is 5.21 Å². The van der Waals surface area contributed by atoms with Crippen LogP contribution in [0.1, 0.15) is 47.7 Å². The molecule has 2 aliphatic rings. The molecule has 1 saturated carbocycles. The highest BCUT2D eigenvalue weighted by Gasteiger charge is 2.59. The molecule has 137 valence electrons. The highest BCUT2D eigenvalue weighted by Crippen LogP contribution is 2.61. The van der Waals surface area contributed by atoms with Gasteiger partial charge in [-0.15, -0.1) is 0 Å². The molecular formula is C22H23B3NO2. The lowest BCUT2D eigenvalue weighted by molar-refractivity contribution is 0.0697. The van der Waals surface area contributed by atoms with Gasteiger partial charge in [-0.3, -0.25) is 0 Å². The van der Waals surface area contributed by atoms with Crippen molar-refractivity contribution in [2.45, 2.75) is 43.5 Å². The van der Waals surface area contributed by atoms with Crippen molar-refractivity contribution < 1.29 is 9.90 Å². The van der Waals surface area contributed by atoms with Crippen molar-refractivity contribution in [2.24, 2.45) is 5.92 Å². The molecule has 2 aromatic carbocycles. The number of carbonyl (C=O) groups is 1. The van der Waals surface area contributed by atoms with Crippen LogP contribution < -0.4 is 4.90 Å². The maximum absolute atomic E-state index is 11.2. The summed E-state index contributed by atoms with van der Waals surface area (Å²) in [5.74, 6) is -0.238. The van der Waals surface area contributed by atoms with E-state index >= 15 is 0 Å². The van der Waals surface area contributed by atoms with E-state index in [0.717, 1.165) is 35.5 Å². The highest BCUT2D eigenvalue weighted by atomic mass is 16.4. The Morgan fingerprint density at radius 3 is 2.43 bits per heavy atom. The topological polar surface area (TPSA) is 40.5 Å². The fourth-order valence-corrected chi connectivity index (χ4v) is 3.96. The molecule has 1 heterocycles. The Balaban J connectivity index is 1.72. The zero-order chi connectivity index (χ0) is 20.1. The normalized spacial score (nSPS) is 25.8. The predicted molar refractivity (Wildman–Crippen MR) is 116 cm³/mol. The van der Waals surface area contributed by atoms with Gasteiger partial charge >= 0.3 is 5.97 Å². The number of hydrogen-bond donors (Lipinski definition) is 1. The van der Waals surface area contributed by atoms with Crippen molar-refractivity contribution in [2.75, 3.05) is 11.4 Å². The number of aryl methyl sites for hydroxylation is 1. The van der Waals surface area contributed by atoms with Gasteiger partial charge in [0.05, 0.1) is 21.3 Å². The number of carboxylic acids is 1. The Morgan fingerprint density at radius 2 is 1.89 bits per heavy atom. The maximum Gasteiger partial charge on any atom is 0.335 e. The van der Waals surface area contributed by atoms with Crippen molar-refractivity contribution in [1.29, 1.82) is 0 Å². The van der Waals surface area contributed by atoms with E-state index in [2.05, 4.69) is 36.9 Å². The minimum Gasteiger partial charge on any atom is -0.478 e. The molecule has 0 amide bonds. The van der Waals surface area contributed by atoms with E-state index < -0.39 is 16.4 Å². The molecule has 28 heavy (non-hydrogen) atoms. The van der Waals surface area contributed by atoms with Crippen LogP contribution in [-0.2, 0) is 5.21 Å². The smallest absolute Gasteiger partial charge is 0.335 e. The monoisotopic (exact) mass is 366 g/mol. The Morgan fingerprint density at radius 1 is 1.21 bits per heavy atom. The SMILES string of the molecule is [B]C1(CC)[B]C1([B])c1ccc(C)c(N(CC2CC2)c2ccc(C(=O)O)cc2)c1. The first kappa shape index (κ1) is 19.2. The average Bonchev–Trinajstić information content (AvgIpc) is 3.59. The minimum absolute atomic E-state index is 0.296. The molecule has 2 fully saturated rings. The van der Waals surface area contributed by atoms with Crippen molar-refractivity contribution in [3.05, 3.63) is 59.2 Å². The second-order valence-electron chi connectivity index (χ2n) is 8.31. The molecule has 4 rings (SSSR count). The van der Waals surface area contributed by atoms with Crippen LogP contribution in [-0.4, -0.2) is 40.6 Å². The molecule has 1 saturated heterocycles. The number of nitrogens with zero attached hydrogens (tertiary/aromatic N) is 1. The van der Waals surface area contributed by atoms with Gasteiger partial charge in [-0.2, -0.15) is 0 Å². The van der Waals surface area contributed by atoms with Gasteiger partial charge < -0.3 is 10.0 Å². The third-order valence-corrected chi connectivity index (χ3v) is 6.30. The minimum atomic E-state index is -0.910. The fraction of sp³-hybridized carbons (Fsp3) is 0.409. The third kappa shape index (κ3) is 3.27. The summed E-state index contributed by atoms with van der Waals surface area (Å²) in [6.45, 7) is 5.07. The number of aromatic carboxylic acids is 1. The summed E-state index contributed by atoms with van der Waals surface area (Å²) in [5, 5.41) is 8.14. The lowest BCUT2D eigenvalue weighted by Gasteiger charge is -2.29. The summed E-state index contributed by atoms with van der Waals surface area (Å²) < 4.78 is 0. The van der Waals surface area contributed by atoms with Gasteiger partial charge in [-0.1, -0.05) is 41.5 Å². The second kappa shape index (κ2) is 6.75. The highest BCUT2D eigenvalue weighted by molar-refractivity contribution is 6.80. The van der Waals surface area contributed by atoms with Gasteiger partial charge in [0.25, 0.3) is 0 Å². The number of rotatable bonds is 7. The van der Waals surface area contributed by atoms with Gasteiger partial charge in [0, 0.05) is 17.9 Å². The van der Waals surface area contributed by atoms with E-state index in [0.29, 0.717) is 11.5 Å². The maximum atomic E-state index is 11.2. The number of hydrogen-bond acceptors (Lipinski definition) is 2. The van der Waals surface area contributed by atoms with Crippen LogP contribution in [0, 0.1) is 12.8 Å². The van der Waals surface area contributed by atoms with Gasteiger partial charge in [-0.05, 0) is 61.6 Å². The first-order valence-corrected chi connectivity index (χ1v) is 9.94. The average molecular weight is 366 g/mol. The van der Waals surface area contributed by atoms with E-state index in [4.69, 9.17) is 15.7 Å². The molecule has 0 bridgehead atoms. The summed E-state index contributed by atoms with van der Waals surface area (Å²) in [4.78, 5) is 13.5. The lowest BCUT2D eigenvalue weighted by Crippen LogP contribution is -2.22. The van der Waals surface area contributed by atoms with Crippen LogP contribution in [0.15, 0.2) is 42.5 Å².